The molecule has 0 aliphatic carbocycles. The molecule has 0 spiro atoms. The lowest BCUT2D eigenvalue weighted by molar-refractivity contribution is -0.119. The van der Waals surface area contributed by atoms with E-state index in [4.69, 9.17) is 4.74 Å². The van der Waals surface area contributed by atoms with E-state index in [-0.39, 0.29) is 12.0 Å². The summed E-state index contributed by atoms with van der Waals surface area (Å²) < 4.78 is 7.26. The first kappa shape index (κ1) is 22.3. The third-order valence-corrected chi connectivity index (χ3v) is 5.44. The van der Waals surface area contributed by atoms with Gasteiger partial charge in [0, 0.05) is 11.4 Å². The second-order valence-electron chi connectivity index (χ2n) is 8.99. The molecular weight excluding hydrogens is 414 g/mol. The monoisotopic (exact) mass is 441 g/mol. The lowest BCUT2D eigenvalue weighted by Gasteiger charge is -2.19. The second-order valence-corrected chi connectivity index (χ2v) is 8.99. The average molecular weight is 442 g/mol. The minimum atomic E-state index is -0.568. The van der Waals surface area contributed by atoms with E-state index < -0.39 is 11.9 Å². The van der Waals surface area contributed by atoms with Gasteiger partial charge >= 0.3 is 5.97 Å². The van der Waals surface area contributed by atoms with Crippen LogP contribution in [-0.4, -0.2) is 28.0 Å². The normalized spacial score (nSPS) is 11.4. The van der Waals surface area contributed by atoms with Gasteiger partial charge in [0.05, 0.1) is 16.6 Å². The topological polar surface area (TPSA) is 73.2 Å². The summed E-state index contributed by atoms with van der Waals surface area (Å²) in [7, 11) is 0. The van der Waals surface area contributed by atoms with Crippen LogP contribution in [0.1, 0.15) is 42.5 Å². The Kier molecular flexibility index (Phi) is 6.01. The molecule has 33 heavy (non-hydrogen) atoms. The van der Waals surface area contributed by atoms with Crippen molar-refractivity contribution in [2.45, 2.75) is 33.1 Å². The number of hydrogen-bond acceptors (Lipinski definition) is 4. The van der Waals surface area contributed by atoms with Gasteiger partial charge in [-0.25, -0.2) is 9.78 Å². The van der Waals surface area contributed by atoms with Crippen molar-refractivity contribution in [1.29, 1.82) is 0 Å². The van der Waals surface area contributed by atoms with Gasteiger partial charge < -0.3 is 10.1 Å². The molecule has 6 nitrogen and oxygen atoms in total. The minimum Gasteiger partial charge on any atom is -0.452 e. The first-order chi connectivity index (χ1) is 15.7. The van der Waals surface area contributed by atoms with Crippen molar-refractivity contribution in [3.05, 3.63) is 89.7 Å². The zero-order valence-electron chi connectivity index (χ0n) is 19.3. The molecule has 0 atom stereocenters. The minimum absolute atomic E-state index is 0.0364. The molecule has 4 aromatic rings. The maximum Gasteiger partial charge on any atom is 0.338 e. The molecule has 0 fully saturated rings. The van der Waals surface area contributed by atoms with Crippen molar-refractivity contribution >= 4 is 28.6 Å². The zero-order chi connectivity index (χ0) is 23.6. The number of carbonyl (C=O) groups excluding carboxylic acids is 2. The van der Waals surface area contributed by atoms with Crippen LogP contribution < -0.4 is 5.32 Å². The number of nitrogens with zero attached hydrogens (tertiary/aromatic N) is 2. The standard InChI is InChI=1S/C27H27N3O3/c1-18-28-23-16-19(10-15-24(23)30(18)22-8-6-5-7-9-22)26(32)33-17-25(31)29-21-13-11-20(12-14-21)27(2,3)4/h5-16H,17H2,1-4H3,(H,29,31). The molecule has 4 rings (SSSR count). The van der Waals surface area contributed by atoms with Crippen molar-refractivity contribution in [2.75, 3.05) is 11.9 Å². The van der Waals surface area contributed by atoms with E-state index in [1.807, 2.05) is 72.2 Å². The predicted octanol–water partition coefficient (Wildman–Crippen LogP) is 5.43. The van der Waals surface area contributed by atoms with E-state index in [9.17, 15) is 9.59 Å². The van der Waals surface area contributed by atoms with Crippen LogP contribution in [-0.2, 0) is 14.9 Å². The van der Waals surface area contributed by atoms with Gasteiger partial charge in [0.1, 0.15) is 5.82 Å². The van der Waals surface area contributed by atoms with E-state index in [1.54, 1.807) is 12.1 Å². The third kappa shape index (κ3) is 4.95. The number of imidazole rings is 1. The Balaban J connectivity index is 1.41. The molecule has 1 amide bonds. The van der Waals surface area contributed by atoms with E-state index in [2.05, 4.69) is 31.1 Å². The smallest absolute Gasteiger partial charge is 0.338 e. The van der Waals surface area contributed by atoms with Crippen LogP contribution in [0.3, 0.4) is 0 Å². The van der Waals surface area contributed by atoms with Gasteiger partial charge in [-0.15, -0.1) is 0 Å². The lowest BCUT2D eigenvalue weighted by atomic mass is 9.87. The van der Waals surface area contributed by atoms with Crippen molar-refractivity contribution in [3.8, 4) is 5.69 Å². The largest absolute Gasteiger partial charge is 0.452 e. The van der Waals surface area contributed by atoms with Gasteiger partial charge in [-0.05, 0) is 60.4 Å². The van der Waals surface area contributed by atoms with Gasteiger partial charge in [-0.2, -0.15) is 0 Å². The number of esters is 1. The van der Waals surface area contributed by atoms with Crippen molar-refractivity contribution in [3.63, 3.8) is 0 Å². The molecule has 0 bridgehead atoms. The maximum atomic E-state index is 12.5. The summed E-state index contributed by atoms with van der Waals surface area (Å²) in [6, 6.07) is 22.8. The van der Waals surface area contributed by atoms with E-state index >= 15 is 0 Å². The highest BCUT2D eigenvalue weighted by molar-refractivity contribution is 5.97. The number of aryl methyl sites for hydroxylation is 1. The van der Waals surface area contributed by atoms with Crippen molar-refractivity contribution in [2.24, 2.45) is 0 Å². The summed E-state index contributed by atoms with van der Waals surface area (Å²) in [5.74, 6) is -0.141. The van der Waals surface area contributed by atoms with Crippen LogP contribution in [0.4, 0.5) is 5.69 Å². The fourth-order valence-corrected chi connectivity index (χ4v) is 3.70. The molecule has 0 unspecified atom stereocenters. The molecule has 0 aliphatic rings. The highest BCUT2D eigenvalue weighted by atomic mass is 16.5. The number of aromatic nitrogens is 2. The number of fused-ring (bicyclic) bond motifs is 1. The molecule has 168 valence electrons. The Morgan fingerprint density at radius 2 is 1.67 bits per heavy atom. The van der Waals surface area contributed by atoms with Crippen LogP contribution in [0.2, 0.25) is 0 Å². The number of amides is 1. The summed E-state index contributed by atoms with van der Waals surface area (Å²) in [4.78, 5) is 29.4. The fourth-order valence-electron chi connectivity index (χ4n) is 3.70. The number of hydrogen-bond donors (Lipinski definition) is 1. The predicted molar refractivity (Wildman–Crippen MR) is 130 cm³/mol. The number of para-hydroxylation sites is 1. The molecule has 1 aromatic heterocycles. The first-order valence-electron chi connectivity index (χ1n) is 10.8. The fraction of sp³-hybridized carbons (Fsp3) is 0.222. The van der Waals surface area contributed by atoms with Crippen LogP contribution in [0, 0.1) is 6.92 Å². The molecule has 1 heterocycles. The number of benzene rings is 3. The molecule has 6 heteroatoms. The Morgan fingerprint density at radius 1 is 0.970 bits per heavy atom. The molecule has 1 N–H and O–H groups in total. The Hall–Kier alpha value is -3.93. The van der Waals surface area contributed by atoms with Gasteiger partial charge in [-0.3, -0.25) is 9.36 Å². The summed E-state index contributed by atoms with van der Waals surface area (Å²) >= 11 is 0. The summed E-state index contributed by atoms with van der Waals surface area (Å²) in [5, 5.41) is 2.75. The van der Waals surface area contributed by atoms with Crippen LogP contribution >= 0.6 is 0 Å². The van der Waals surface area contributed by atoms with Crippen LogP contribution in [0.15, 0.2) is 72.8 Å². The Morgan fingerprint density at radius 3 is 2.33 bits per heavy atom. The van der Waals surface area contributed by atoms with E-state index in [1.165, 1.54) is 5.56 Å². The van der Waals surface area contributed by atoms with E-state index in [0.29, 0.717) is 16.8 Å². The van der Waals surface area contributed by atoms with Crippen LogP contribution in [0.5, 0.6) is 0 Å². The molecule has 0 aliphatic heterocycles. The molecule has 0 saturated heterocycles. The zero-order valence-corrected chi connectivity index (χ0v) is 19.3. The summed E-state index contributed by atoms with van der Waals surface area (Å²) in [6.45, 7) is 7.94. The molecular formula is C27H27N3O3. The van der Waals surface area contributed by atoms with Gasteiger partial charge in [0.2, 0.25) is 0 Å². The lowest BCUT2D eigenvalue weighted by Crippen LogP contribution is -2.21. The van der Waals surface area contributed by atoms with Crippen LogP contribution in [0.25, 0.3) is 16.7 Å². The number of ether oxygens (including phenoxy) is 1. The summed E-state index contributed by atoms with van der Waals surface area (Å²) in [6.07, 6.45) is 0. The quantitative estimate of drug-likeness (QED) is 0.419. The first-order valence-corrected chi connectivity index (χ1v) is 10.8. The van der Waals surface area contributed by atoms with Gasteiger partial charge in [0.25, 0.3) is 5.91 Å². The molecule has 3 aromatic carbocycles. The molecule has 0 saturated carbocycles. The van der Waals surface area contributed by atoms with Gasteiger partial charge in [-0.1, -0.05) is 51.1 Å². The number of carbonyl (C=O) groups is 2. The molecule has 0 radical (unpaired) electrons. The highest BCUT2D eigenvalue weighted by Gasteiger charge is 2.16. The average Bonchev–Trinajstić information content (AvgIpc) is 3.12. The van der Waals surface area contributed by atoms with E-state index in [0.717, 1.165) is 17.0 Å². The van der Waals surface area contributed by atoms with Crippen molar-refractivity contribution < 1.29 is 14.3 Å². The Labute approximate surface area is 193 Å². The third-order valence-electron chi connectivity index (χ3n) is 5.44. The number of anilines is 1. The number of nitrogens with one attached hydrogen (secondary N) is 1. The van der Waals surface area contributed by atoms with Crippen molar-refractivity contribution in [1.82, 2.24) is 9.55 Å². The SMILES string of the molecule is Cc1nc2cc(C(=O)OCC(=O)Nc3ccc(C(C)(C)C)cc3)ccc2n1-c1ccccc1. The Bertz CT molecular complexity index is 1300. The highest BCUT2D eigenvalue weighted by Crippen LogP contribution is 2.24. The maximum absolute atomic E-state index is 12.5. The summed E-state index contributed by atoms with van der Waals surface area (Å²) in [5.41, 5.74) is 4.80. The van der Waals surface area contributed by atoms with Gasteiger partial charge in [0.15, 0.2) is 6.61 Å². The number of rotatable bonds is 5. The second kappa shape index (κ2) is 8.90.